The molecule has 0 spiro atoms. The van der Waals surface area contributed by atoms with Gasteiger partial charge in [0.1, 0.15) is 0 Å². The van der Waals surface area contributed by atoms with Crippen LogP contribution in [0.4, 0.5) is 20.2 Å². The number of nitrogens with one attached hydrogen (secondary N) is 1. The highest BCUT2D eigenvalue weighted by Crippen LogP contribution is 2.32. The number of rotatable bonds is 5. The van der Waals surface area contributed by atoms with E-state index >= 15 is 0 Å². The van der Waals surface area contributed by atoms with Crippen LogP contribution in [0.3, 0.4) is 0 Å². The SMILES string of the molecule is CN(C)c1c(Cl)cccc1NCc1ccc(C(F)F)cc1. The molecule has 0 fully saturated rings. The third-order valence-electron chi connectivity index (χ3n) is 3.15. The van der Waals surface area contributed by atoms with E-state index in [0.717, 1.165) is 16.9 Å². The van der Waals surface area contributed by atoms with E-state index in [1.165, 1.54) is 12.1 Å². The van der Waals surface area contributed by atoms with Gasteiger partial charge in [0.2, 0.25) is 0 Å². The van der Waals surface area contributed by atoms with Crippen molar-refractivity contribution in [1.29, 1.82) is 0 Å². The van der Waals surface area contributed by atoms with Crippen molar-refractivity contribution in [3.8, 4) is 0 Å². The maximum absolute atomic E-state index is 12.5. The van der Waals surface area contributed by atoms with E-state index in [2.05, 4.69) is 5.32 Å². The van der Waals surface area contributed by atoms with Crippen LogP contribution >= 0.6 is 11.6 Å². The summed E-state index contributed by atoms with van der Waals surface area (Å²) in [6, 6.07) is 12.0. The van der Waals surface area contributed by atoms with Crippen LogP contribution in [0.5, 0.6) is 0 Å². The first kappa shape index (κ1) is 15.6. The predicted molar refractivity (Wildman–Crippen MR) is 84.5 cm³/mol. The van der Waals surface area contributed by atoms with Gasteiger partial charge in [0.25, 0.3) is 6.43 Å². The Hall–Kier alpha value is -1.81. The molecule has 0 heterocycles. The van der Waals surface area contributed by atoms with Crippen molar-refractivity contribution in [2.75, 3.05) is 24.3 Å². The van der Waals surface area contributed by atoms with Gasteiger partial charge in [-0.3, -0.25) is 0 Å². The van der Waals surface area contributed by atoms with Crippen molar-refractivity contribution < 1.29 is 8.78 Å². The molecule has 0 aliphatic carbocycles. The fourth-order valence-corrected chi connectivity index (χ4v) is 2.43. The maximum Gasteiger partial charge on any atom is 0.263 e. The molecule has 2 nitrogen and oxygen atoms in total. The molecule has 0 unspecified atom stereocenters. The minimum atomic E-state index is -2.43. The van der Waals surface area contributed by atoms with Crippen LogP contribution in [0.2, 0.25) is 5.02 Å². The smallest absolute Gasteiger partial charge is 0.263 e. The molecule has 0 amide bonds. The van der Waals surface area contributed by atoms with Gasteiger partial charge in [0.05, 0.1) is 16.4 Å². The summed E-state index contributed by atoms with van der Waals surface area (Å²) in [5.74, 6) is 0. The average molecular weight is 311 g/mol. The zero-order valence-corrected chi connectivity index (χ0v) is 12.7. The Kier molecular flexibility index (Phi) is 5.02. The van der Waals surface area contributed by atoms with E-state index in [0.29, 0.717) is 11.6 Å². The number of hydrogen-bond acceptors (Lipinski definition) is 2. The normalized spacial score (nSPS) is 10.8. The van der Waals surface area contributed by atoms with Crippen LogP contribution in [-0.2, 0) is 6.54 Å². The lowest BCUT2D eigenvalue weighted by Gasteiger charge is -2.20. The lowest BCUT2D eigenvalue weighted by Crippen LogP contribution is -2.12. The van der Waals surface area contributed by atoms with E-state index in [9.17, 15) is 8.78 Å². The zero-order valence-electron chi connectivity index (χ0n) is 11.9. The Morgan fingerprint density at radius 3 is 2.33 bits per heavy atom. The van der Waals surface area contributed by atoms with Crippen molar-refractivity contribution in [2.24, 2.45) is 0 Å². The third-order valence-corrected chi connectivity index (χ3v) is 3.45. The molecule has 0 aliphatic heterocycles. The van der Waals surface area contributed by atoms with E-state index in [4.69, 9.17) is 11.6 Å². The molecule has 0 saturated carbocycles. The molecular formula is C16H17ClF2N2. The Morgan fingerprint density at radius 2 is 1.76 bits per heavy atom. The molecule has 21 heavy (non-hydrogen) atoms. The molecule has 0 bridgehead atoms. The first-order valence-electron chi connectivity index (χ1n) is 6.55. The standard InChI is InChI=1S/C16H17ClF2N2/c1-21(2)15-13(17)4-3-5-14(15)20-10-11-6-8-12(9-7-11)16(18)19/h3-9,16,20H,10H2,1-2H3. The van der Waals surface area contributed by atoms with Gasteiger partial charge in [-0.1, -0.05) is 41.9 Å². The molecule has 2 aromatic carbocycles. The van der Waals surface area contributed by atoms with Crippen LogP contribution in [0, 0.1) is 0 Å². The van der Waals surface area contributed by atoms with Gasteiger partial charge < -0.3 is 10.2 Å². The largest absolute Gasteiger partial charge is 0.379 e. The molecule has 0 saturated heterocycles. The van der Waals surface area contributed by atoms with Crippen molar-refractivity contribution in [2.45, 2.75) is 13.0 Å². The van der Waals surface area contributed by atoms with Crippen molar-refractivity contribution in [3.63, 3.8) is 0 Å². The van der Waals surface area contributed by atoms with Gasteiger partial charge in [-0.25, -0.2) is 8.78 Å². The summed E-state index contributed by atoms with van der Waals surface area (Å²) in [6.45, 7) is 0.546. The summed E-state index contributed by atoms with van der Waals surface area (Å²) in [6.07, 6.45) is -2.43. The minimum absolute atomic E-state index is 0.0375. The fourth-order valence-electron chi connectivity index (χ4n) is 2.09. The predicted octanol–water partition coefficient (Wildman–Crippen LogP) is 4.96. The summed E-state index contributed by atoms with van der Waals surface area (Å²) in [4.78, 5) is 1.94. The number of hydrogen-bond donors (Lipinski definition) is 1. The third kappa shape index (κ3) is 3.85. The molecule has 1 N–H and O–H groups in total. The van der Waals surface area contributed by atoms with Crippen LogP contribution in [0.25, 0.3) is 0 Å². The van der Waals surface area contributed by atoms with Crippen molar-refractivity contribution in [3.05, 3.63) is 58.6 Å². The van der Waals surface area contributed by atoms with Crippen LogP contribution in [0.15, 0.2) is 42.5 Å². The zero-order chi connectivity index (χ0) is 15.4. The van der Waals surface area contributed by atoms with E-state index in [1.807, 2.05) is 37.2 Å². The summed E-state index contributed by atoms with van der Waals surface area (Å²) < 4.78 is 25.0. The van der Waals surface area contributed by atoms with Crippen molar-refractivity contribution in [1.82, 2.24) is 0 Å². The first-order valence-corrected chi connectivity index (χ1v) is 6.93. The monoisotopic (exact) mass is 310 g/mol. The summed E-state index contributed by atoms with van der Waals surface area (Å²) in [7, 11) is 3.84. The van der Waals surface area contributed by atoms with Crippen LogP contribution in [-0.4, -0.2) is 14.1 Å². The van der Waals surface area contributed by atoms with Crippen LogP contribution in [0.1, 0.15) is 17.6 Å². The number of alkyl halides is 2. The Labute approximate surface area is 128 Å². The molecule has 0 atom stereocenters. The molecule has 112 valence electrons. The molecule has 0 radical (unpaired) electrons. The summed E-state index contributed by atoms with van der Waals surface area (Å²) in [5, 5.41) is 3.95. The van der Waals surface area contributed by atoms with Crippen LogP contribution < -0.4 is 10.2 Å². The number of para-hydroxylation sites is 1. The van der Waals surface area contributed by atoms with E-state index in [-0.39, 0.29) is 5.56 Å². The first-order chi connectivity index (χ1) is 9.99. The average Bonchev–Trinajstić information content (AvgIpc) is 2.45. The van der Waals surface area contributed by atoms with Gasteiger partial charge >= 0.3 is 0 Å². The van der Waals surface area contributed by atoms with Gasteiger partial charge in [-0.15, -0.1) is 0 Å². The van der Waals surface area contributed by atoms with E-state index in [1.54, 1.807) is 12.1 Å². The highest BCUT2D eigenvalue weighted by atomic mass is 35.5. The quantitative estimate of drug-likeness (QED) is 0.840. The lowest BCUT2D eigenvalue weighted by molar-refractivity contribution is 0.151. The number of benzene rings is 2. The van der Waals surface area contributed by atoms with Gasteiger partial charge in [-0.2, -0.15) is 0 Å². The molecule has 0 aromatic heterocycles. The maximum atomic E-state index is 12.5. The highest BCUT2D eigenvalue weighted by molar-refractivity contribution is 6.34. The summed E-state index contributed by atoms with van der Waals surface area (Å²) >= 11 is 6.20. The van der Waals surface area contributed by atoms with E-state index < -0.39 is 6.43 Å². The van der Waals surface area contributed by atoms with Crippen molar-refractivity contribution >= 4 is 23.0 Å². The Morgan fingerprint density at radius 1 is 1.10 bits per heavy atom. The summed E-state index contributed by atoms with van der Waals surface area (Å²) in [5.41, 5.74) is 2.79. The second-order valence-corrected chi connectivity index (χ2v) is 5.33. The number of halogens is 3. The lowest BCUT2D eigenvalue weighted by atomic mass is 10.1. The van der Waals surface area contributed by atoms with Gasteiger partial charge in [0, 0.05) is 26.2 Å². The topological polar surface area (TPSA) is 15.3 Å². The molecular weight excluding hydrogens is 294 g/mol. The minimum Gasteiger partial charge on any atom is -0.379 e. The fraction of sp³-hybridized carbons (Fsp3) is 0.250. The second-order valence-electron chi connectivity index (χ2n) is 4.93. The molecule has 0 aliphatic rings. The van der Waals surface area contributed by atoms with Gasteiger partial charge in [0.15, 0.2) is 0 Å². The number of nitrogens with zero attached hydrogens (tertiary/aromatic N) is 1. The second kappa shape index (κ2) is 6.76. The number of anilines is 2. The molecule has 2 aromatic rings. The van der Waals surface area contributed by atoms with Gasteiger partial charge in [-0.05, 0) is 17.7 Å². The Bertz CT molecular complexity index is 598. The molecule has 2 rings (SSSR count). The highest BCUT2D eigenvalue weighted by Gasteiger charge is 2.09. The Balaban J connectivity index is 2.11. The molecule has 5 heteroatoms.